The second-order valence-electron chi connectivity index (χ2n) is 6.16. The second-order valence-corrected chi connectivity index (χ2v) is 6.16. The van der Waals surface area contributed by atoms with Gasteiger partial charge in [-0.2, -0.15) is 4.98 Å². The Labute approximate surface area is 144 Å². The summed E-state index contributed by atoms with van der Waals surface area (Å²) >= 11 is 0. The summed E-state index contributed by atoms with van der Waals surface area (Å²) in [6.45, 7) is 2.10. The van der Waals surface area contributed by atoms with E-state index >= 15 is 0 Å². The molecule has 4 rings (SSSR count). The maximum Gasteiger partial charge on any atom is 0.257 e. The second kappa shape index (κ2) is 6.12. The van der Waals surface area contributed by atoms with Crippen LogP contribution in [-0.2, 0) is 4.79 Å². The van der Waals surface area contributed by atoms with Crippen LogP contribution < -0.4 is 4.90 Å². The molecule has 1 unspecified atom stereocenters. The molecule has 0 aliphatic carbocycles. The summed E-state index contributed by atoms with van der Waals surface area (Å²) in [7, 11) is 0. The Morgan fingerprint density at radius 1 is 1.20 bits per heavy atom. The standard InChI is InChI=1S/C19H16FN3O2/c1-12-7-8-15(10-16(12)20)23-11-14(9-17(23)24)18-21-19(25-22-18)13-5-3-2-4-6-13/h2-8,10,14H,9,11H2,1H3. The van der Waals surface area contributed by atoms with Crippen molar-refractivity contribution in [2.45, 2.75) is 19.3 Å². The first-order valence-corrected chi connectivity index (χ1v) is 8.07. The van der Waals surface area contributed by atoms with E-state index in [1.165, 1.54) is 6.07 Å². The van der Waals surface area contributed by atoms with Crippen LogP contribution >= 0.6 is 0 Å². The van der Waals surface area contributed by atoms with E-state index in [9.17, 15) is 9.18 Å². The van der Waals surface area contributed by atoms with Gasteiger partial charge in [-0.1, -0.05) is 29.4 Å². The summed E-state index contributed by atoms with van der Waals surface area (Å²) in [5.74, 6) is 0.377. The van der Waals surface area contributed by atoms with Crippen molar-refractivity contribution in [2.24, 2.45) is 0 Å². The van der Waals surface area contributed by atoms with Crippen LogP contribution in [0.15, 0.2) is 53.1 Å². The first-order chi connectivity index (χ1) is 12.1. The number of hydrogen-bond acceptors (Lipinski definition) is 4. The van der Waals surface area contributed by atoms with Crippen LogP contribution in [0, 0.1) is 12.7 Å². The zero-order valence-electron chi connectivity index (χ0n) is 13.6. The molecule has 5 nitrogen and oxygen atoms in total. The van der Waals surface area contributed by atoms with Gasteiger partial charge in [0.2, 0.25) is 5.91 Å². The van der Waals surface area contributed by atoms with Gasteiger partial charge in [-0.15, -0.1) is 0 Å². The van der Waals surface area contributed by atoms with E-state index in [2.05, 4.69) is 10.1 Å². The number of halogens is 1. The number of carbonyl (C=O) groups excluding carboxylic acids is 1. The molecule has 2 heterocycles. The number of nitrogens with zero attached hydrogens (tertiary/aromatic N) is 3. The Balaban J connectivity index is 1.56. The minimum absolute atomic E-state index is 0.0701. The van der Waals surface area contributed by atoms with Crippen molar-refractivity contribution >= 4 is 11.6 Å². The summed E-state index contributed by atoms with van der Waals surface area (Å²) < 4.78 is 19.1. The first kappa shape index (κ1) is 15.5. The summed E-state index contributed by atoms with van der Waals surface area (Å²) in [5, 5.41) is 4.03. The van der Waals surface area contributed by atoms with E-state index in [0.29, 0.717) is 29.5 Å². The molecule has 25 heavy (non-hydrogen) atoms. The van der Waals surface area contributed by atoms with E-state index < -0.39 is 0 Å². The Morgan fingerprint density at radius 3 is 2.76 bits per heavy atom. The predicted molar refractivity (Wildman–Crippen MR) is 90.6 cm³/mol. The van der Waals surface area contributed by atoms with Crippen molar-refractivity contribution in [1.29, 1.82) is 0 Å². The lowest BCUT2D eigenvalue weighted by atomic mass is 10.1. The molecule has 1 fully saturated rings. The van der Waals surface area contributed by atoms with E-state index in [-0.39, 0.29) is 24.1 Å². The summed E-state index contributed by atoms with van der Waals surface area (Å²) in [5.41, 5.74) is 1.95. The Bertz CT molecular complexity index is 923. The van der Waals surface area contributed by atoms with Crippen LogP contribution in [0.3, 0.4) is 0 Å². The molecule has 1 aromatic heterocycles. The highest BCUT2D eigenvalue weighted by Gasteiger charge is 2.34. The van der Waals surface area contributed by atoms with Gasteiger partial charge in [0.1, 0.15) is 5.82 Å². The number of amides is 1. The molecule has 0 radical (unpaired) electrons. The van der Waals surface area contributed by atoms with E-state index in [1.807, 2.05) is 30.3 Å². The summed E-state index contributed by atoms with van der Waals surface area (Å²) in [6.07, 6.45) is 0.281. The van der Waals surface area contributed by atoms with E-state index in [1.54, 1.807) is 24.0 Å². The number of rotatable bonds is 3. The van der Waals surface area contributed by atoms with Crippen molar-refractivity contribution in [3.05, 3.63) is 65.7 Å². The van der Waals surface area contributed by atoms with Gasteiger partial charge >= 0.3 is 0 Å². The normalized spacial score (nSPS) is 17.3. The van der Waals surface area contributed by atoms with Gasteiger partial charge in [-0.25, -0.2) is 4.39 Å². The van der Waals surface area contributed by atoms with Crippen LogP contribution in [0.2, 0.25) is 0 Å². The molecule has 126 valence electrons. The Hall–Kier alpha value is -3.02. The average Bonchev–Trinajstić information content (AvgIpc) is 3.25. The van der Waals surface area contributed by atoms with Gasteiger partial charge in [0.15, 0.2) is 5.82 Å². The van der Waals surface area contributed by atoms with Gasteiger partial charge < -0.3 is 9.42 Å². The molecular weight excluding hydrogens is 321 g/mol. The Morgan fingerprint density at radius 2 is 2.00 bits per heavy atom. The van der Waals surface area contributed by atoms with Crippen molar-refractivity contribution in [1.82, 2.24) is 10.1 Å². The van der Waals surface area contributed by atoms with Crippen molar-refractivity contribution in [3.63, 3.8) is 0 Å². The first-order valence-electron chi connectivity index (χ1n) is 8.07. The van der Waals surface area contributed by atoms with Crippen LogP contribution in [0.1, 0.15) is 23.7 Å². The fraction of sp³-hybridized carbons (Fsp3) is 0.211. The third-order valence-electron chi connectivity index (χ3n) is 4.42. The maximum absolute atomic E-state index is 13.8. The molecule has 2 aromatic carbocycles. The lowest BCUT2D eigenvalue weighted by molar-refractivity contribution is -0.117. The molecule has 6 heteroatoms. The highest BCUT2D eigenvalue weighted by atomic mass is 19.1. The number of aryl methyl sites for hydroxylation is 1. The third kappa shape index (κ3) is 2.91. The van der Waals surface area contributed by atoms with Gasteiger partial charge in [0.05, 0.1) is 0 Å². The topological polar surface area (TPSA) is 59.2 Å². The zero-order chi connectivity index (χ0) is 17.4. The minimum atomic E-state index is -0.320. The number of carbonyl (C=O) groups is 1. The smallest absolute Gasteiger partial charge is 0.257 e. The van der Waals surface area contributed by atoms with Gasteiger partial charge in [-0.3, -0.25) is 4.79 Å². The van der Waals surface area contributed by atoms with Gasteiger partial charge in [0, 0.05) is 30.1 Å². The lowest BCUT2D eigenvalue weighted by Gasteiger charge is -2.16. The third-order valence-corrected chi connectivity index (χ3v) is 4.42. The lowest BCUT2D eigenvalue weighted by Crippen LogP contribution is -2.24. The molecule has 3 aromatic rings. The van der Waals surface area contributed by atoms with Crippen molar-refractivity contribution in [3.8, 4) is 11.5 Å². The molecule has 0 saturated carbocycles. The Kier molecular flexibility index (Phi) is 3.80. The summed E-state index contributed by atoms with van der Waals surface area (Å²) in [4.78, 5) is 18.3. The van der Waals surface area contributed by atoms with Gasteiger partial charge in [0.25, 0.3) is 5.89 Å². The molecule has 0 bridgehead atoms. The van der Waals surface area contributed by atoms with E-state index in [4.69, 9.17) is 4.52 Å². The van der Waals surface area contributed by atoms with Crippen LogP contribution in [-0.4, -0.2) is 22.6 Å². The number of hydrogen-bond donors (Lipinski definition) is 0. The van der Waals surface area contributed by atoms with Crippen LogP contribution in [0.25, 0.3) is 11.5 Å². The molecule has 1 atom stereocenters. The monoisotopic (exact) mass is 337 g/mol. The maximum atomic E-state index is 13.8. The zero-order valence-corrected chi connectivity index (χ0v) is 13.6. The molecule has 1 amide bonds. The molecule has 0 N–H and O–H groups in total. The predicted octanol–water partition coefficient (Wildman–Crippen LogP) is 3.70. The van der Waals surface area contributed by atoms with Crippen LogP contribution in [0.5, 0.6) is 0 Å². The minimum Gasteiger partial charge on any atom is -0.334 e. The molecule has 1 aliphatic rings. The van der Waals surface area contributed by atoms with Crippen LogP contribution in [0.4, 0.5) is 10.1 Å². The van der Waals surface area contributed by atoms with Crippen molar-refractivity contribution in [2.75, 3.05) is 11.4 Å². The number of anilines is 1. The molecule has 0 spiro atoms. The quantitative estimate of drug-likeness (QED) is 0.731. The summed E-state index contributed by atoms with van der Waals surface area (Å²) in [6, 6.07) is 14.3. The van der Waals surface area contributed by atoms with Crippen molar-refractivity contribution < 1.29 is 13.7 Å². The fourth-order valence-electron chi connectivity index (χ4n) is 2.98. The highest BCUT2D eigenvalue weighted by molar-refractivity contribution is 5.96. The largest absolute Gasteiger partial charge is 0.334 e. The number of aromatic nitrogens is 2. The van der Waals surface area contributed by atoms with E-state index in [0.717, 1.165) is 5.56 Å². The highest BCUT2D eigenvalue weighted by Crippen LogP contribution is 2.32. The molecule has 1 saturated heterocycles. The SMILES string of the molecule is Cc1ccc(N2CC(c3noc(-c4ccccc4)n3)CC2=O)cc1F. The molecule has 1 aliphatic heterocycles. The van der Waals surface area contributed by atoms with Gasteiger partial charge in [-0.05, 0) is 36.8 Å². The fourth-order valence-corrected chi connectivity index (χ4v) is 2.98. The number of benzene rings is 2. The molecular formula is C19H16FN3O2. The average molecular weight is 337 g/mol.